The highest BCUT2D eigenvalue weighted by atomic mass is 32.2. The molecule has 1 fully saturated rings. The van der Waals surface area contributed by atoms with E-state index in [0.29, 0.717) is 26.1 Å². The second-order valence-corrected chi connectivity index (χ2v) is 7.95. The predicted octanol–water partition coefficient (Wildman–Crippen LogP) is 3.38. The zero-order chi connectivity index (χ0) is 18.9. The number of likely N-dealkylation sites (tertiary alicyclic amines) is 1. The van der Waals surface area contributed by atoms with Crippen molar-refractivity contribution in [3.05, 3.63) is 66.2 Å². The summed E-state index contributed by atoms with van der Waals surface area (Å²) in [4.78, 5) is 27.6. The van der Waals surface area contributed by atoms with Crippen molar-refractivity contribution < 1.29 is 9.59 Å². The van der Waals surface area contributed by atoms with E-state index in [2.05, 4.69) is 29.6 Å². The van der Waals surface area contributed by atoms with E-state index in [9.17, 15) is 9.59 Å². The molecule has 1 atom stereocenters. The fraction of sp³-hybridized carbons (Fsp3) is 0.364. The number of thioether (sulfide) groups is 1. The van der Waals surface area contributed by atoms with Crippen LogP contribution in [0.4, 0.5) is 0 Å². The average Bonchev–Trinajstić information content (AvgIpc) is 3.08. The van der Waals surface area contributed by atoms with Crippen LogP contribution in [0.2, 0.25) is 0 Å². The van der Waals surface area contributed by atoms with Crippen molar-refractivity contribution in [2.24, 2.45) is 5.92 Å². The van der Waals surface area contributed by atoms with Crippen molar-refractivity contribution in [2.75, 3.05) is 25.4 Å². The van der Waals surface area contributed by atoms with Crippen LogP contribution in [0.3, 0.4) is 0 Å². The summed E-state index contributed by atoms with van der Waals surface area (Å²) in [7, 11) is 0. The van der Waals surface area contributed by atoms with Gasteiger partial charge in [-0.15, -0.1) is 11.8 Å². The van der Waals surface area contributed by atoms with Gasteiger partial charge in [0.2, 0.25) is 11.8 Å². The lowest BCUT2D eigenvalue weighted by molar-refractivity contribution is -0.129. The third kappa shape index (κ3) is 6.14. The van der Waals surface area contributed by atoms with Crippen molar-refractivity contribution in [1.82, 2.24) is 10.2 Å². The van der Waals surface area contributed by atoms with E-state index in [1.807, 2.05) is 41.3 Å². The summed E-state index contributed by atoms with van der Waals surface area (Å²) < 4.78 is 0. The molecule has 0 radical (unpaired) electrons. The van der Waals surface area contributed by atoms with Gasteiger partial charge >= 0.3 is 0 Å². The van der Waals surface area contributed by atoms with Crippen LogP contribution in [0.1, 0.15) is 18.4 Å². The maximum Gasteiger partial charge on any atom is 0.225 e. The van der Waals surface area contributed by atoms with Crippen molar-refractivity contribution in [3.63, 3.8) is 0 Å². The van der Waals surface area contributed by atoms with Crippen molar-refractivity contribution in [3.8, 4) is 0 Å². The zero-order valence-corrected chi connectivity index (χ0v) is 16.3. The van der Waals surface area contributed by atoms with Crippen LogP contribution in [-0.4, -0.2) is 42.1 Å². The van der Waals surface area contributed by atoms with Gasteiger partial charge < -0.3 is 10.2 Å². The van der Waals surface area contributed by atoms with E-state index < -0.39 is 0 Å². The monoisotopic (exact) mass is 382 g/mol. The van der Waals surface area contributed by atoms with Crippen molar-refractivity contribution in [1.29, 1.82) is 0 Å². The molecule has 0 bridgehead atoms. The van der Waals surface area contributed by atoms with Gasteiger partial charge in [0.15, 0.2) is 0 Å². The minimum atomic E-state index is -0.213. The molecule has 1 unspecified atom stereocenters. The number of hydrogen-bond donors (Lipinski definition) is 1. The maximum atomic E-state index is 12.3. The third-order valence-corrected chi connectivity index (χ3v) is 5.83. The molecule has 1 N–H and O–H groups in total. The molecule has 1 heterocycles. The van der Waals surface area contributed by atoms with E-state index in [0.717, 1.165) is 18.6 Å². The summed E-state index contributed by atoms with van der Waals surface area (Å²) in [6, 6.07) is 20.4. The van der Waals surface area contributed by atoms with Gasteiger partial charge in [-0.05, 0) is 36.3 Å². The molecule has 0 spiro atoms. The van der Waals surface area contributed by atoms with Gasteiger partial charge in [-0.25, -0.2) is 0 Å². The van der Waals surface area contributed by atoms with Crippen molar-refractivity contribution >= 4 is 23.6 Å². The quantitative estimate of drug-likeness (QED) is 0.534. The molecular formula is C22H26N2O2S. The van der Waals surface area contributed by atoms with Crippen LogP contribution in [0.15, 0.2) is 65.6 Å². The number of rotatable bonds is 9. The lowest BCUT2D eigenvalue weighted by Crippen LogP contribution is -2.34. The van der Waals surface area contributed by atoms with Gasteiger partial charge in [-0.1, -0.05) is 48.5 Å². The molecule has 1 aliphatic heterocycles. The molecule has 2 aromatic rings. The van der Waals surface area contributed by atoms with Gasteiger partial charge in [0, 0.05) is 31.0 Å². The van der Waals surface area contributed by atoms with Gasteiger partial charge in [-0.3, -0.25) is 9.59 Å². The third-order valence-electron chi connectivity index (χ3n) is 4.73. The molecule has 142 valence electrons. The number of carbonyl (C=O) groups is 2. The van der Waals surface area contributed by atoms with E-state index >= 15 is 0 Å². The summed E-state index contributed by atoms with van der Waals surface area (Å²) in [5, 5.41) is 2.99. The second kappa shape index (κ2) is 10.2. The molecule has 5 heteroatoms. The first-order chi connectivity index (χ1) is 13.2. The molecule has 0 saturated carbocycles. The molecule has 27 heavy (non-hydrogen) atoms. The topological polar surface area (TPSA) is 49.4 Å². The number of benzene rings is 2. The first-order valence-corrected chi connectivity index (χ1v) is 10.5. The summed E-state index contributed by atoms with van der Waals surface area (Å²) >= 11 is 1.80. The van der Waals surface area contributed by atoms with Gasteiger partial charge in [-0.2, -0.15) is 0 Å². The number of nitrogens with zero attached hydrogens (tertiary/aromatic N) is 1. The predicted molar refractivity (Wildman–Crippen MR) is 110 cm³/mol. The molecule has 4 nitrogen and oxygen atoms in total. The minimum absolute atomic E-state index is 0.00951. The maximum absolute atomic E-state index is 12.3. The molecule has 1 aliphatic rings. The second-order valence-electron chi connectivity index (χ2n) is 6.78. The standard InChI is InChI=1S/C22H26N2O2S/c25-21-16-19(17-24(21)14-12-18-8-3-1-4-9-18)22(26)23-13-7-15-27-20-10-5-2-6-11-20/h1-6,8-11,19H,7,12-17H2,(H,23,26). The Kier molecular flexibility index (Phi) is 7.34. The van der Waals surface area contributed by atoms with Gasteiger partial charge in [0.1, 0.15) is 0 Å². The Hall–Kier alpha value is -2.27. The summed E-state index contributed by atoms with van der Waals surface area (Å²) in [6.45, 7) is 1.88. The first-order valence-electron chi connectivity index (χ1n) is 9.49. The Morgan fingerprint density at radius 1 is 1.07 bits per heavy atom. The van der Waals surface area contributed by atoms with E-state index in [1.165, 1.54) is 10.5 Å². The SMILES string of the molecule is O=C(NCCCSc1ccccc1)C1CC(=O)N(CCc2ccccc2)C1. The lowest BCUT2D eigenvalue weighted by Gasteiger charge is -2.16. The highest BCUT2D eigenvalue weighted by Gasteiger charge is 2.33. The number of hydrogen-bond acceptors (Lipinski definition) is 3. The fourth-order valence-electron chi connectivity index (χ4n) is 3.21. The molecule has 3 rings (SSSR count). The van der Waals surface area contributed by atoms with E-state index in [1.54, 1.807) is 11.8 Å². The Labute approximate surface area is 165 Å². The lowest BCUT2D eigenvalue weighted by atomic mass is 10.1. The fourth-order valence-corrected chi connectivity index (χ4v) is 4.08. The van der Waals surface area contributed by atoms with Crippen LogP contribution in [0.25, 0.3) is 0 Å². The van der Waals surface area contributed by atoms with Gasteiger partial charge in [0.25, 0.3) is 0 Å². The minimum Gasteiger partial charge on any atom is -0.356 e. The highest BCUT2D eigenvalue weighted by molar-refractivity contribution is 7.99. The molecule has 0 aromatic heterocycles. The molecule has 0 aliphatic carbocycles. The average molecular weight is 383 g/mol. The molecule has 1 saturated heterocycles. The Morgan fingerprint density at radius 3 is 2.52 bits per heavy atom. The van der Waals surface area contributed by atoms with Crippen LogP contribution in [0, 0.1) is 5.92 Å². The Morgan fingerprint density at radius 2 is 1.78 bits per heavy atom. The molecule has 2 aromatic carbocycles. The number of carbonyl (C=O) groups excluding carboxylic acids is 2. The van der Waals surface area contributed by atoms with Crippen LogP contribution in [0.5, 0.6) is 0 Å². The summed E-state index contributed by atoms with van der Waals surface area (Å²) in [5.41, 5.74) is 1.22. The van der Waals surface area contributed by atoms with Gasteiger partial charge in [0.05, 0.1) is 5.92 Å². The largest absolute Gasteiger partial charge is 0.356 e. The van der Waals surface area contributed by atoms with E-state index in [-0.39, 0.29) is 17.7 Å². The summed E-state index contributed by atoms with van der Waals surface area (Å²) in [6.07, 6.45) is 2.08. The normalized spacial score (nSPS) is 16.5. The Balaban J connectivity index is 1.33. The number of nitrogens with one attached hydrogen (secondary N) is 1. The Bertz CT molecular complexity index is 736. The number of amides is 2. The zero-order valence-electron chi connectivity index (χ0n) is 15.5. The highest BCUT2D eigenvalue weighted by Crippen LogP contribution is 2.19. The van der Waals surface area contributed by atoms with Crippen molar-refractivity contribution in [2.45, 2.75) is 24.2 Å². The first kappa shape index (κ1) is 19.5. The van der Waals surface area contributed by atoms with Crippen LogP contribution < -0.4 is 5.32 Å². The molecular weight excluding hydrogens is 356 g/mol. The van der Waals surface area contributed by atoms with Crippen LogP contribution >= 0.6 is 11.8 Å². The summed E-state index contributed by atoms with van der Waals surface area (Å²) in [5.74, 6) is 0.855. The molecule has 2 amide bonds. The van der Waals surface area contributed by atoms with E-state index in [4.69, 9.17) is 0 Å². The smallest absolute Gasteiger partial charge is 0.225 e. The van der Waals surface area contributed by atoms with Crippen LogP contribution in [-0.2, 0) is 16.0 Å².